The van der Waals surface area contributed by atoms with Crippen LogP contribution >= 0.6 is 11.6 Å². The Hall–Kier alpha value is -1.18. The van der Waals surface area contributed by atoms with Crippen LogP contribution in [0.5, 0.6) is 0 Å². The Kier molecular flexibility index (Phi) is 5.77. The van der Waals surface area contributed by atoms with Gasteiger partial charge in [-0.1, -0.05) is 24.1 Å². The Morgan fingerprint density at radius 3 is 2.59 bits per heavy atom. The van der Waals surface area contributed by atoms with Crippen LogP contribution in [-0.2, 0) is 10.0 Å². The van der Waals surface area contributed by atoms with Gasteiger partial charge in [-0.05, 0) is 25.0 Å². The van der Waals surface area contributed by atoms with Crippen LogP contribution in [0.2, 0.25) is 5.02 Å². The quantitative estimate of drug-likeness (QED) is 0.885. The van der Waals surface area contributed by atoms with Gasteiger partial charge >= 0.3 is 0 Å². The van der Waals surface area contributed by atoms with E-state index >= 15 is 0 Å². The fraction of sp³-hybridized carbons (Fsp3) is 0.500. The molecule has 1 aromatic carbocycles. The Morgan fingerprint density at radius 1 is 1.27 bits per heavy atom. The van der Waals surface area contributed by atoms with Crippen molar-refractivity contribution in [3.63, 3.8) is 0 Å². The molecule has 2 rings (SSSR count). The van der Waals surface area contributed by atoms with Crippen LogP contribution in [-0.4, -0.2) is 44.0 Å². The van der Waals surface area contributed by atoms with Gasteiger partial charge in [-0.25, -0.2) is 17.1 Å². The van der Waals surface area contributed by atoms with E-state index in [1.54, 1.807) is 0 Å². The van der Waals surface area contributed by atoms with Crippen LogP contribution in [0.15, 0.2) is 18.2 Å². The third kappa shape index (κ3) is 4.18. The zero-order chi connectivity index (χ0) is 16.2. The molecule has 1 aliphatic heterocycles. The number of carbonyl (C=O) groups excluding carboxylic acids is 1. The van der Waals surface area contributed by atoms with Gasteiger partial charge in [-0.2, -0.15) is 0 Å². The van der Waals surface area contributed by atoms with Crippen molar-refractivity contribution in [1.82, 2.24) is 9.62 Å². The zero-order valence-corrected chi connectivity index (χ0v) is 13.6. The molecule has 1 saturated heterocycles. The van der Waals surface area contributed by atoms with Gasteiger partial charge in [0.2, 0.25) is 10.0 Å². The van der Waals surface area contributed by atoms with E-state index in [4.69, 9.17) is 11.6 Å². The highest BCUT2D eigenvalue weighted by molar-refractivity contribution is 7.89. The predicted molar refractivity (Wildman–Crippen MR) is 83.0 cm³/mol. The molecule has 1 aliphatic rings. The van der Waals surface area contributed by atoms with Crippen molar-refractivity contribution in [2.24, 2.45) is 0 Å². The van der Waals surface area contributed by atoms with Crippen molar-refractivity contribution in [3.8, 4) is 0 Å². The molecule has 0 saturated carbocycles. The van der Waals surface area contributed by atoms with Gasteiger partial charge in [-0.15, -0.1) is 0 Å². The smallest absolute Gasteiger partial charge is 0.255 e. The molecule has 0 unspecified atom stereocenters. The highest BCUT2D eigenvalue weighted by Gasteiger charge is 2.24. The average Bonchev–Trinajstić information content (AvgIpc) is 2.48. The molecular weight excluding hydrogens is 331 g/mol. The van der Waals surface area contributed by atoms with Crippen LogP contribution in [0, 0.1) is 5.82 Å². The first-order chi connectivity index (χ1) is 10.4. The van der Waals surface area contributed by atoms with Gasteiger partial charge in [0, 0.05) is 19.6 Å². The molecule has 0 bridgehead atoms. The number of amides is 1. The number of piperidine rings is 1. The average molecular weight is 349 g/mol. The highest BCUT2D eigenvalue weighted by atomic mass is 35.5. The summed E-state index contributed by atoms with van der Waals surface area (Å²) in [5.41, 5.74) is -0.264. The summed E-state index contributed by atoms with van der Waals surface area (Å²) in [4.78, 5) is 11.9. The second-order valence-electron chi connectivity index (χ2n) is 5.13. The zero-order valence-electron chi connectivity index (χ0n) is 12.0. The Labute approximate surface area is 134 Å². The summed E-state index contributed by atoms with van der Waals surface area (Å²) in [5.74, 6) is -1.65. The van der Waals surface area contributed by atoms with Crippen LogP contribution < -0.4 is 5.32 Å². The number of nitrogens with one attached hydrogen (secondary N) is 1. The monoisotopic (exact) mass is 348 g/mol. The van der Waals surface area contributed by atoms with E-state index in [1.807, 2.05) is 0 Å². The maximum absolute atomic E-state index is 13.6. The maximum Gasteiger partial charge on any atom is 0.255 e. The van der Waals surface area contributed by atoms with Crippen molar-refractivity contribution in [3.05, 3.63) is 34.6 Å². The second kappa shape index (κ2) is 7.39. The number of carbonyl (C=O) groups is 1. The van der Waals surface area contributed by atoms with Crippen molar-refractivity contribution >= 4 is 27.5 Å². The highest BCUT2D eigenvalue weighted by Crippen LogP contribution is 2.18. The molecule has 5 nitrogen and oxygen atoms in total. The van der Waals surface area contributed by atoms with Crippen LogP contribution in [0.3, 0.4) is 0 Å². The molecule has 0 spiro atoms. The third-order valence-electron chi connectivity index (χ3n) is 3.54. The topological polar surface area (TPSA) is 66.5 Å². The summed E-state index contributed by atoms with van der Waals surface area (Å²) >= 11 is 5.79. The van der Waals surface area contributed by atoms with Crippen molar-refractivity contribution in [1.29, 1.82) is 0 Å². The lowest BCUT2D eigenvalue weighted by molar-refractivity contribution is 0.0952. The van der Waals surface area contributed by atoms with Crippen molar-refractivity contribution < 1.29 is 17.6 Å². The van der Waals surface area contributed by atoms with Crippen molar-refractivity contribution in [2.45, 2.75) is 19.3 Å². The standard InChI is InChI=1S/C14H18ClFN2O3S/c15-11-5-4-6-12(16)13(11)14(19)17-7-10-22(20,21)18-8-2-1-3-9-18/h4-6H,1-3,7-10H2,(H,17,19). The summed E-state index contributed by atoms with van der Waals surface area (Å²) < 4.78 is 39.2. The number of sulfonamides is 1. The Balaban J connectivity index is 1.91. The largest absolute Gasteiger partial charge is 0.351 e. The SMILES string of the molecule is O=C(NCCS(=O)(=O)N1CCCCC1)c1c(F)cccc1Cl. The van der Waals surface area contributed by atoms with Crippen molar-refractivity contribution in [2.75, 3.05) is 25.4 Å². The van der Waals surface area contributed by atoms with Gasteiger partial charge in [0.1, 0.15) is 5.82 Å². The summed E-state index contributed by atoms with van der Waals surface area (Å²) in [6, 6.07) is 3.94. The molecular formula is C14H18ClFN2O3S. The summed E-state index contributed by atoms with van der Waals surface area (Å²) in [6.45, 7) is 0.965. The minimum Gasteiger partial charge on any atom is -0.351 e. The van der Waals surface area contributed by atoms with E-state index in [9.17, 15) is 17.6 Å². The molecule has 122 valence electrons. The minimum atomic E-state index is -3.39. The first kappa shape index (κ1) is 17.2. The fourth-order valence-corrected chi connectivity index (χ4v) is 4.05. The normalized spacial score (nSPS) is 16.5. The second-order valence-corrected chi connectivity index (χ2v) is 7.62. The molecule has 1 aromatic rings. The first-order valence-corrected chi connectivity index (χ1v) is 9.10. The number of hydrogen-bond acceptors (Lipinski definition) is 3. The van der Waals surface area contributed by atoms with Crippen LogP contribution in [0.25, 0.3) is 0 Å². The maximum atomic E-state index is 13.6. The van der Waals surface area contributed by atoms with Gasteiger partial charge in [-0.3, -0.25) is 4.79 Å². The van der Waals surface area contributed by atoms with E-state index in [1.165, 1.54) is 16.4 Å². The lowest BCUT2D eigenvalue weighted by Crippen LogP contribution is -2.40. The molecule has 0 atom stereocenters. The van der Waals surface area contributed by atoms with E-state index in [0.717, 1.165) is 25.3 Å². The molecule has 22 heavy (non-hydrogen) atoms. The number of rotatable bonds is 5. The van der Waals surface area contributed by atoms with Crippen LogP contribution in [0.4, 0.5) is 4.39 Å². The van der Waals surface area contributed by atoms with E-state index in [0.29, 0.717) is 13.1 Å². The van der Waals surface area contributed by atoms with Gasteiger partial charge in [0.25, 0.3) is 5.91 Å². The minimum absolute atomic E-state index is 0.00334. The fourth-order valence-electron chi connectivity index (χ4n) is 2.37. The number of hydrogen-bond donors (Lipinski definition) is 1. The number of halogens is 2. The molecule has 1 fully saturated rings. The Morgan fingerprint density at radius 2 is 1.95 bits per heavy atom. The third-order valence-corrected chi connectivity index (χ3v) is 5.73. The molecule has 1 amide bonds. The molecule has 0 radical (unpaired) electrons. The van der Waals surface area contributed by atoms with Gasteiger partial charge in [0.15, 0.2) is 0 Å². The van der Waals surface area contributed by atoms with Gasteiger partial charge in [0.05, 0.1) is 16.3 Å². The Bertz CT molecular complexity index is 625. The predicted octanol–water partition coefficient (Wildman–Crippen LogP) is 2.02. The molecule has 0 aliphatic carbocycles. The number of benzene rings is 1. The molecule has 0 aromatic heterocycles. The van der Waals surface area contributed by atoms with E-state index in [-0.39, 0.29) is 22.9 Å². The van der Waals surface area contributed by atoms with E-state index < -0.39 is 21.7 Å². The lowest BCUT2D eigenvalue weighted by atomic mass is 10.2. The molecule has 1 heterocycles. The first-order valence-electron chi connectivity index (χ1n) is 7.12. The summed E-state index contributed by atoms with van der Waals surface area (Å²) in [5, 5.41) is 2.40. The molecule has 1 N–H and O–H groups in total. The van der Waals surface area contributed by atoms with Crippen LogP contribution in [0.1, 0.15) is 29.6 Å². The lowest BCUT2D eigenvalue weighted by Gasteiger charge is -2.25. The summed E-state index contributed by atoms with van der Waals surface area (Å²) in [7, 11) is -3.39. The van der Waals surface area contributed by atoms with Gasteiger partial charge < -0.3 is 5.32 Å². The van der Waals surface area contributed by atoms with E-state index in [2.05, 4.69) is 5.32 Å². The molecule has 8 heteroatoms. The summed E-state index contributed by atoms with van der Waals surface area (Å²) in [6.07, 6.45) is 2.75. The number of nitrogens with zero attached hydrogens (tertiary/aromatic N) is 1.